The number of rotatable bonds is 4. The molecule has 8 atom stereocenters. The highest BCUT2D eigenvalue weighted by molar-refractivity contribution is 5.26. The van der Waals surface area contributed by atoms with E-state index in [2.05, 4.69) is 19.9 Å². The van der Waals surface area contributed by atoms with Gasteiger partial charge in [-0.15, -0.1) is 0 Å². The number of hydrogen-bond acceptors (Lipinski definition) is 2. The molecular weight excluding hydrogens is 370 g/mol. The molecule has 4 heteroatoms. The van der Waals surface area contributed by atoms with Crippen molar-refractivity contribution in [2.24, 2.45) is 34.5 Å². The van der Waals surface area contributed by atoms with Crippen LogP contribution in [0, 0.1) is 34.5 Å². The van der Waals surface area contributed by atoms with Crippen LogP contribution >= 0.6 is 0 Å². The minimum Gasteiger partial charge on any atom is -0.390 e. The van der Waals surface area contributed by atoms with Crippen LogP contribution in [0.2, 0.25) is 0 Å². The third kappa shape index (κ3) is 3.50. The maximum atomic E-state index is 14.0. The first kappa shape index (κ1) is 21.7. The number of aliphatic hydroxyl groups is 2. The molecule has 0 radical (unpaired) electrons. The Morgan fingerprint density at radius 2 is 1.83 bits per heavy atom. The summed E-state index contributed by atoms with van der Waals surface area (Å²) in [5.74, 6) is -0.658. The Morgan fingerprint density at radius 3 is 2.52 bits per heavy atom. The predicted molar refractivity (Wildman–Crippen MR) is 112 cm³/mol. The van der Waals surface area contributed by atoms with Crippen LogP contribution in [0.1, 0.15) is 91.9 Å². The lowest BCUT2D eigenvalue weighted by Gasteiger charge is -2.59. The molecule has 29 heavy (non-hydrogen) atoms. The number of aliphatic hydroxyl groups excluding tert-OH is 1. The monoisotopic (exact) mass is 410 g/mol. The molecule has 0 aromatic rings. The van der Waals surface area contributed by atoms with Gasteiger partial charge in [0.05, 0.1) is 5.60 Å². The van der Waals surface area contributed by atoms with Crippen LogP contribution in [0.25, 0.3) is 0 Å². The Balaban J connectivity index is 1.51. The van der Waals surface area contributed by atoms with E-state index < -0.39 is 17.6 Å². The summed E-state index contributed by atoms with van der Waals surface area (Å²) in [5.41, 5.74) is 1.29. The fourth-order valence-electron chi connectivity index (χ4n) is 7.96. The normalized spacial score (nSPS) is 48.3. The van der Waals surface area contributed by atoms with Crippen LogP contribution < -0.4 is 0 Å². The molecule has 0 heterocycles. The van der Waals surface area contributed by atoms with Gasteiger partial charge in [-0.2, -0.15) is 0 Å². The van der Waals surface area contributed by atoms with Crippen molar-refractivity contribution in [3.8, 4) is 0 Å². The summed E-state index contributed by atoms with van der Waals surface area (Å²) in [7, 11) is 0. The highest BCUT2D eigenvalue weighted by Gasteiger charge is 2.59. The zero-order chi connectivity index (χ0) is 21.2. The number of hydrogen-bond donors (Lipinski definition) is 2. The van der Waals surface area contributed by atoms with Crippen LogP contribution in [0.4, 0.5) is 8.78 Å². The molecule has 2 nitrogen and oxygen atoms in total. The summed E-state index contributed by atoms with van der Waals surface area (Å²) < 4.78 is 28.1. The zero-order valence-electron chi connectivity index (χ0n) is 18.7. The van der Waals surface area contributed by atoms with E-state index in [4.69, 9.17) is 0 Å². The molecule has 7 unspecified atom stereocenters. The molecule has 2 N–H and O–H groups in total. The topological polar surface area (TPSA) is 40.5 Å². The second-order valence-corrected chi connectivity index (χ2v) is 11.7. The predicted octanol–water partition coefficient (Wildman–Crippen LogP) is 6.11. The lowest BCUT2D eigenvalue weighted by Crippen LogP contribution is -2.51. The SMILES string of the molecule is CC(O)C(F)(F)CCC1CCC2C3CC=C4C[C@@](C)(O)CCC4(C)C3CCC12C. The van der Waals surface area contributed by atoms with E-state index in [1.54, 1.807) is 0 Å². The van der Waals surface area contributed by atoms with E-state index in [0.717, 1.165) is 38.5 Å². The van der Waals surface area contributed by atoms with Crippen molar-refractivity contribution in [2.75, 3.05) is 0 Å². The van der Waals surface area contributed by atoms with Crippen molar-refractivity contribution in [2.45, 2.75) is 110 Å². The Hall–Kier alpha value is -0.480. The van der Waals surface area contributed by atoms with Crippen LogP contribution in [-0.2, 0) is 0 Å². The molecule has 4 aliphatic carbocycles. The van der Waals surface area contributed by atoms with E-state index in [-0.39, 0.29) is 17.3 Å². The molecule has 4 aliphatic rings. The highest BCUT2D eigenvalue weighted by Crippen LogP contribution is 2.67. The number of fused-ring (bicyclic) bond motifs is 5. The van der Waals surface area contributed by atoms with Gasteiger partial charge in [0.2, 0.25) is 0 Å². The molecule has 4 rings (SSSR count). The van der Waals surface area contributed by atoms with Crippen LogP contribution in [0.3, 0.4) is 0 Å². The second kappa shape index (κ2) is 7.02. The first-order valence-corrected chi connectivity index (χ1v) is 11.9. The first-order chi connectivity index (χ1) is 13.4. The maximum Gasteiger partial charge on any atom is 0.273 e. The third-order valence-electron chi connectivity index (χ3n) is 10.0. The van der Waals surface area contributed by atoms with Crippen LogP contribution in [0.5, 0.6) is 0 Å². The number of alkyl halides is 2. The molecule has 0 saturated heterocycles. The molecular formula is C25H40F2O2. The summed E-state index contributed by atoms with van der Waals surface area (Å²) >= 11 is 0. The summed E-state index contributed by atoms with van der Waals surface area (Å²) in [6, 6.07) is 0. The minimum atomic E-state index is -2.97. The van der Waals surface area contributed by atoms with Gasteiger partial charge in [-0.3, -0.25) is 0 Å². The van der Waals surface area contributed by atoms with E-state index in [1.807, 2.05) is 6.92 Å². The average Bonchev–Trinajstić information content (AvgIpc) is 2.97. The standard InChI is InChI=1S/C25H40F2O2/c1-16(28)25(26,27)12-9-17-6-8-20-19-7-5-18-15-22(2,29)13-14-24(18,4)21(19)10-11-23(17,20)3/h5,16-17,19-21,28-29H,6-15H2,1-4H3/t16?,17?,19?,20?,21?,22-,23?,24?/m0/s1. The maximum absolute atomic E-state index is 14.0. The minimum absolute atomic E-state index is 0.164. The van der Waals surface area contributed by atoms with Gasteiger partial charge < -0.3 is 10.2 Å². The molecule has 0 aromatic carbocycles. The largest absolute Gasteiger partial charge is 0.390 e. The van der Waals surface area contributed by atoms with Crippen molar-refractivity contribution < 1.29 is 19.0 Å². The van der Waals surface area contributed by atoms with Crippen molar-refractivity contribution >= 4 is 0 Å². The summed E-state index contributed by atoms with van der Waals surface area (Å²) in [5, 5.41) is 20.0. The third-order valence-corrected chi connectivity index (χ3v) is 10.0. The Labute approximate surface area is 175 Å². The molecule has 0 aromatic heterocycles. The zero-order valence-corrected chi connectivity index (χ0v) is 18.7. The molecule has 0 bridgehead atoms. The second-order valence-electron chi connectivity index (χ2n) is 11.7. The van der Waals surface area contributed by atoms with Gasteiger partial charge in [-0.1, -0.05) is 25.5 Å². The Bertz CT molecular complexity index is 670. The summed E-state index contributed by atoms with van der Waals surface area (Å²) in [6.45, 7) is 7.99. The van der Waals surface area contributed by atoms with E-state index in [0.29, 0.717) is 30.1 Å². The molecule has 0 aliphatic heterocycles. The van der Waals surface area contributed by atoms with Crippen LogP contribution in [-0.4, -0.2) is 27.8 Å². The fourth-order valence-corrected chi connectivity index (χ4v) is 7.96. The highest BCUT2D eigenvalue weighted by atomic mass is 19.3. The lowest BCUT2D eigenvalue weighted by molar-refractivity contribution is -0.113. The van der Waals surface area contributed by atoms with E-state index in [1.165, 1.54) is 25.3 Å². The summed E-state index contributed by atoms with van der Waals surface area (Å²) in [4.78, 5) is 0. The fraction of sp³-hybridized carbons (Fsp3) is 0.920. The molecule has 3 fully saturated rings. The number of allylic oxidation sites excluding steroid dienone is 1. The van der Waals surface area contributed by atoms with Crippen molar-refractivity contribution in [3.63, 3.8) is 0 Å². The Kier molecular flexibility index (Phi) is 5.26. The van der Waals surface area contributed by atoms with Gasteiger partial charge in [-0.25, -0.2) is 8.78 Å². The van der Waals surface area contributed by atoms with E-state index >= 15 is 0 Å². The van der Waals surface area contributed by atoms with E-state index in [9.17, 15) is 19.0 Å². The van der Waals surface area contributed by atoms with Crippen molar-refractivity contribution in [1.29, 1.82) is 0 Å². The molecule has 166 valence electrons. The van der Waals surface area contributed by atoms with Gasteiger partial charge >= 0.3 is 0 Å². The molecule has 0 amide bonds. The van der Waals surface area contributed by atoms with Gasteiger partial charge in [-0.05, 0) is 106 Å². The molecule has 0 spiro atoms. The van der Waals surface area contributed by atoms with Gasteiger partial charge in [0.1, 0.15) is 6.10 Å². The molecule has 3 saturated carbocycles. The number of halogens is 2. The quantitative estimate of drug-likeness (QED) is 0.549. The Morgan fingerprint density at radius 1 is 1.10 bits per heavy atom. The first-order valence-electron chi connectivity index (χ1n) is 11.9. The van der Waals surface area contributed by atoms with Crippen LogP contribution in [0.15, 0.2) is 11.6 Å². The van der Waals surface area contributed by atoms with Gasteiger partial charge in [0.15, 0.2) is 0 Å². The average molecular weight is 411 g/mol. The van der Waals surface area contributed by atoms with Gasteiger partial charge in [0, 0.05) is 6.42 Å². The van der Waals surface area contributed by atoms with Crippen molar-refractivity contribution in [1.82, 2.24) is 0 Å². The lowest BCUT2D eigenvalue weighted by atomic mass is 9.46. The van der Waals surface area contributed by atoms with Crippen molar-refractivity contribution in [3.05, 3.63) is 11.6 Å². The van der Waals surface area contributed by atoms with Gasteiger partial charge in [0.25, 0.3) is 5.92 Å². The summed E-state index contributed by atoms with van der Waals surface area (Å²) in [6.07, 6.45) is 9.63. The smallest absolute Gasteiger partial charge is 0.273 e.